The van der Waals surface area contributed by atoms with Crippen molar-refractivity contribution >= 4 is 17.6 Å². The van der Waals surface area contributed by atoms with Gasteiger partial charge in [-0.2, -0.15) is 0 Å². The molecule has 1 saturated heterocycles. The number of amides is 1. The largest absolute Gasteiger partial charge is 0.497 e. The molecule has 0 bridgehead atoms. The minimum absolute atomic E-state index is 0.125. The van der Waals surface area contributed by atoms with E-state index in [1.54, 1.807) is 19.2 Å². The molecule has 0 atom stereocenters. The highest BCUT2D eigenvalue weighted by Gasteiger charge is 2.21. The first-order chi connectivity index (χ1) is 15.6. The van der Waals surface area contributed by atoms with E-state index < -0.39 is 0 Å². The van der Waals surface area contributed by atoms with Gasteiger partial charge in [-0.25, -0.2) is 9.38 Å². The highest BCUT2D eigenvalue weighted by atomic mass is 19.1. The summed E-state index contributed by atoms with van der Waals surface area (Å²) in [6.07, 6.45) is 0.403. The van der Waals surface area contributed by atoms with E-state index in [-0.39, 0.29) is 11.7 Å². The summed E-state index contributed by atoms with van der Waals surface area (Å²) in [6.45, 7) is 6.61. The molecule has 1 aliphatic rings. The van der Waals surface area contributed by atoms with Crippen LogP contribution in [0.25, 0.3) is 0 Å². The summed E-state index contributed by atoms with van der Waals surface area (Å²) < 4.78 is 18.4. The van der Waals surface area contributed by atoms with Crippen LogP contribution >= 0.6 is 0 Å². The van der Waals surface area contributed by atoms with Crippen molar-refractivity contribution in [3.63, 3.8) is 0 Å². The van der Waals surface area contributed by atoms with E-state index >= 15 is 0 Å². The summed E-state index contributed by atoms with van der Waals surface area (Å²) >= 11 is 0. The van der Waals surface area contributed by atoms with Gasteiger partial charge in [0, 0.05) is 51.4 Å². The number of guanidine groups is 1. The number of piperazine rings is 1. The Morgan fingerprint density at radius 1 is 1.09 bits per heavy atom. The second kappa shape index (κ2) is 11.9. The van der Waals surface area contributed by atoms with E-state index in [1.807, 2.05) is 36.1 Å². The molecule has 8 heteroatoms. The van der Waals surface area contributed by atoms with Crippen LogP contribution in [0.3, 0.4) is 0 Å². The molecular formula is C24H32FN5O2. The maximum Gasteiger partial charge on any atom is 0.224 e. The maximum atomic E-state index is 13.1. The number of aliphatic imine (C=N–C) groups is 1. The molecular weight excluding hydrogens is 409 g/mol. The molecule has 2 N–H and O–H groups in total. The highest BCUT2D eigenvalue weighted by Crippen LogP contribution is 2.17. The van der Waals surface area contributed by atoms with E-state index in [1.165, 1.54) is 12.1 Å². The summed E-state index contributed by atoms with van der Waals surface area (Å²) in [4.78, 5) is 21.3. The Kier molecular flexibility index (Phi) is 8.71. The molecule has 0 unspecified atom stereocenters. The fourth-order valence-corrected chi connectivity index (χ4v) is 3.59. The number of benzene rings is 2. The normalized spacial score (nSPS) is 14.3. The van der Waals surface area contributed by atoms with Gasteiger partial charge < -0.3 is 25.2 Å². The number of hydrogen-bond donors (Lipinski definition) is 2. The molecule has 0 spiro atoms. The molecule has 0 saturated carbocycles. The number of hydrogen-bond acceptors (Lipinski definition) is 4. The van der Waals surface area contributed by atoms with Crippen molar-refractivity contribution in [1.82, 2.24) is 15.5 Å². The molecule has 0 aliphatic carbocycles. The summed E-state index contributed by atoms with van der Waals surface area (Å²) in [5.41, 5.74) is 2.04. The van der Waals surface area contributed by atoms with Gasteiger partial charge in [0.1, 0.15) is 11.6 Å². The number of ether oxygens (including phenoxy) is 1. The average Bonchev–Trinajstić information content (AvgIpc) is 2.83. The van der Waals surface area contributed by atoms with Crippen molar-refractivity contribution in [2.24, 2.45) is 4.99 Å². The zero-order valence-electron chi connectivity index (χ0n) is 18.8. The second-order valence-electron chi connectivity index (χ2n) is 7.57. The number of carbonyl (C=O) groups excluding carboxylic acids is 1. The SMILES string of the molecule is CCNC(=NCc1cccc(OC)c1)NCCC(=O)N1CCN(c2ccc(F)cc2)CC1. The average molecular weight is 442 g/mol. The van der Waals surface area contributed by atoms with E-state index in [2.05, 4.69) is 20.5 Å². The maximum absolute atomic E-state index is 13.1. The zero-order chi connectivity index (χ0) is 22.8. The number of nitrogens with one attached hydrogen (secondary N) is 2. The fourth-order valence-electron chi connectivity index (χ4n) is 3.59. The van der Waals surface area contributed by atoms with Crippen molar-refractivity contribution in [3.05, 3.63) is 59.9 Å². The smallest absolute Gasteiger partial charge is 0.224 e. The Morgan fingerprint density at radius 3 is 2.53 bits per heavy atom. The minimum atomic E-state index is -0.237. The molecule has 0 radical (unpaired) electrons. The lowest BCUT2D eigenvalue weighted by atomic mass is 10.2. The Labute approximate surface area is 189 Å². The Hall–Kier alpha value is -3.29. The molecule has 0 aromatic heterocycles. The van der Waals surface area contributed by atoms with Gasteiger partial charge >= 0.3 is 0 Å². The van der Waals surface area contributed by atoms with Crippen molar-refractivity contribution < 1.29 is 13.9 Å². The van der Waals surface area contributed by atoms with Gasteiger partial charge in [-0.1, -0.05) is 12.1 Å². The number of carbonyl (C=O) groups is 1. The Balaban J connectivity index is 1.43. The monoisotopic (exact) mass is 441 g/mol. The van der Waals surface area contributed by atoms with Gasteiger partial charge in [0.25, 0.3) is 0 Å². The lowest BCUT2D eigenvalue weighted by Gasteiger charge is -2.36. The third-order valence-corrected chi connectivity index (χ3v) is 5.35. The molecule has 172 valence electrons. The molecule has 1 amide bonds. The number of methoxy groups -OCH3 is 1. The van der Waals surface area contributed by atoms with Crippen LogP contribution in [0.15, 0.2) is 53.5 Å². The number of nitrogens with zero attached hydrogens (tertiary/aromatic N) is 3. The molecule has 1 aliphatic heterocycles. The lowest BCUT2D eigenvalue weighted by molar-refractivity contribution is -0.131. The quantitative estimate of drug-likeness (QED) is 0.487. The number of anilines is 1. The van der Waals surface area contributed by atoms with Crippen LogP contribution in [0.4, 0.5) is 10.1 Å². The molecule has 32 heavy (non-hydrogen) atoms. The van der Waals surface area contributed by atoms with Crippen molar-refractivity contribution in [2.45, 2.75) is 19.9 Å². The zero-order valence-corrected chi connectivity index (χ0v) is 18.8. The highest BCUT2D eigenvalue weighted by molar-refractivity contribution is 5.81. The number of halogens is 1. The molecule has 7 nitrogen and oxygen atoms in total. The first-order valence-corrected chi connectivity index (χ1v) is 11.0. The first kappa shape index (κ1) is 23.4. The third-order valence-electron chi connectivity index (χ3n) is 5.35. The summed E-state index contributed by atoms with van der Waals surface area (Å²) in [5, 5.41) is 6.46. The van der Waals surface area contributed by atoms with Crippen LogP contribution in [-0.2, 0) is 11.3 Å². The lowest BCUT2D eigenvalue weighted by Crippen LogP contribution is -2.49. The minimum Gasteiger partial charge on any atom is -0.497 e. The van der Waals surface area contributed by atoms with Crippen LogP contribution < -0.4 is 20.3 Å². The second-order valence-corrected chi connectivity index (χ2v) is 7.57. The van der Waals surface area contributed by atoms with E-state index in [0.717, 1.165) is 36.6 Å². The third kappa shape index (κ3) is 6.87. The predicted molar refractivity (Wildman–Crippen MR) is 126 cm³/mol. The van der Waals surface area contributed by atoms with Crippen LogP contribution in [0.5, 0.6) is 5.75 Å². The molecule has 2 aromatic rings. The van der Waals surface area contributed by atoms with Crippen molar-refractivity contribution in [2.75, 3.05) is 51.3 Å². The molecule has 3 rings (SSSR count). The Bertz CT molecular complexity index is 896. The van der Waals surface area contributed by atoms with Crippen LogP contribution in [-0.4, -0.2) is 63.1 Å². The van der Waals surface area contributed by atoms with E-state index in [4.69, 9.17) is 4.74 Å². The standard InChI is InChI=1S/C24H32FN5O2/c1-3-26-24(28-18-19-5-4-6-22(17-19)32-2)27-12-11-23(31)30-15-13-29(14-16-30)21-9-7-20(25)8-10-21/h4-10,17H,3,11-16,18H2,1-2H3,(H2,26,27,28). The fraction of sp³-hybridized carbons (Fsp3) is 0.417. The van der Waals surface area contributed by atoms with Crippen molar-refractivity contribution in [1.29, 1.82) is 0 Å². The predicted octanol–water partition coefficient (Wildman–Crippen LogP) is 2.63. The van der Waals surface area contributed by atoms with Gasteiger partial charge in [-0.05, 0) is 48.9 Å². The van der Waals surface area contributed by atoms with Crippen LogP contribution in [0, 0.1) is 5.82 Å². The van der Waals surface area contributed by atoms with Crippen LogP contribution in [0.2, 0.25) is 0 Å². The van der Waals surface area contributed by atoms with Crippen molar-refractivity contribution in [3.8, 4) is 5.75 Å². The molecule has 1 heterocycles. The van der Waals surface area contributed by atoms with Gasteiger partial charge in [0.15, 0.2) is 5.96 Å². The summed E-state index contributed by atoms with van der Waals surface area (Å²) in [5.74, 6) is 1.38. The van der Waals surface area contributed by atoms with Crippen LogP contribution in [0.1, 0.15) is 18.9 Å². The molecule has 1 fully saturated rings. The molecule has 2 aromatic carbocycles. The number of rotatable bonds is 8. The van der Waals surface area contributed by atoms with Gasteiger partial charge in [-0.3, -0.25) is 4.79 Å². The first-order valence-electron chi connectivity index (χ1n) is 11.0. The van der Waals surface area contributed by atoms with E-state index in [9.17, 15) is 9.18 Å². The van der Waals surface area contributed by atoms with Gasteiger partial charge in [0.05, 0.1) is 13.7 Å². The Morgan fingerprint density at radius 2 is 1.84 bits per heavy atom. The summed E-state index contributed by atoms with van der Waals surface area (Å²) in [6, 6.07) is 14.3. The van der Waals surface area contributed by atoms with Gasteiger partial charge in [-0.15, -0.1) is 0 Å². The van der Waals surface area contributed by atoms with E-state index in [0.29, 0.717) is 38.6 Å². The van der Waals surface area contributed by atoms with Gasteiger partial charge in [0.2, 0.25) is 5.91 Å². The topological polar surface area (TPSA) is 69.2 Å². The summed E-state index contributed by atoms with van der Waals surface area (Å²) in [7, 11) is 1.65.